The van der Waals surface area contributed by atoms with Gasteiger partial charge >= 0.3 is 0 Å². The summed E-state index contributed by atoms with van der Waals surface area (Å²) in [6.45, 7) is 0. The molecule has 3 aliphatic carbocycles. The molecule has 0 N–H and O–H groups in total. The number of rotatable bonds is 1. The van der Waals surface area contributed by atoms with E-state index in [2.05, 4.69) is 201 Å². The molecule has 8 aromatic carbocycles. The first-order chi connectivity index (χ1) is 29.2. The van der Waals surface area contributed by atoms with Crippen molar-refractivity contribution in [2.45, 2.75) is 19.3 Å². The van der Waals surface area contributed by atoms with Crippen LogP contribution in [-0.2, 0) is 19.3 Å². The highest BCUT2D eigenvalue weighted by Gasteiger charge is 2.25. The summed E-state index contributed by atoms with van der Waals surface area (Å²) < 4.78 is 6.34. The lowest BCUT2D eigenvalue weighted by Crippen LogP contribution is -1.93. The molecular formula is C55H36BrNS2. The zero-order valence-electron chi connectivity index (χ0n) is 32.1. The molecule has 1 nitrogen and oxygen atoms in total. The van der Waals surface area contributed by atoms with Crippen molar-refractivity contribution in [2.24, 2.45) is 0 Å². The van der Waals surface area contributed by atoms with Gasteiger partial charge in [-0.15, -0.1) is 22.7 Å². The Hall–Kier alpha value is -6.04. The van der Waals surface area contributed by atoms with E-state index in [-0.39, 0.29) is 0 Å². The van der Waals surface area contributed by atoms with Gasteiger partial charge in [-0.1, -0.05) is 133 Å². The van der Waals surface area contributed by atoms with E-state index in [4.69, 9.17) is 0 Å². The standard InChI is InChI=1S/C27H17NS.C20H14.C8H5BrS/c1-2-8-19-17(7-1)13-18-14-25-23(15-22(18)19)20-9-3-5-11-24(20)28(25)26-16-29-27-12-6-4-10-21(26)27;1-3-7-17-13(5-1)9-15-11-16-10-14-6-2-4-8-18(14)20(16)12-19(15)17;9-7-5-10-8-4-2-1-3-6(7)8/h1-12,14-16H,13H2;1-8,11-12H,9-10H2;1-5H. The molecule has 3 aromatic heterocycles. The highest BCUT2D eigenvalue weighted by atomic mass is 79.9. The molecule has 3 heterocycles. The largest absolute Gasteiger partial charge is 0.308 e. The average Bonchev–Trinajstić information content (AvgIpc) is 4.14. The Morgan fingerprint density at radius 1 is 0.356 bits per heavy atom. The molecule has 0 saturated carbocycles. The van der Waals surface area contributed by atoms with Gasteiger partial charge in [-0.2, -0.15) is 0 Å². The maximum Gasteiger partial charge on any atom is 0.0647 e. The van der Waals surface area contributed by atoms with Gasteiger partial charge in [0.15, 0.2) is 0 Å². The van der Waals surface area contributed by atoms with Crippen molar-refractivity contribution in [2.75, 3.05) is 0 Å². The van der Waals surface area contributed by atoms with Crippen LogP contribution in [0.4, 0.5) is 0 Å². The number of benzene rings is 8. The summed E-state index contributed by atoms with van der Waals surface area (Å²) in [6.07, 6.45) is 3.21. The third-order valence-corrected chi connectivity index (χ3v) is 15.3. The number of aromatic nitrogens is 1. The Balaban J connectivity index is 0.000000108. The molecule has 280 valence electrons. The fraction of sp³-hybridized carbons (Fsp3) is 0.0545. The summed E-state index contributed by atoms with van der Waals surface area (Å²) in [6, 6.07) is 62.0. The van der Waals surface area contributed by atoms with Crippen molar-refractivity contribution in [3.05, 3.63) is 218 Å². The zero-order chi connectivity index (χ0) is 39.0. The average molecular weight is 855 g/mol. The first-order valence-corrected chi connectivity index (χ1v) is 22.8. The van der Waals surface area contributed by atoms with E-state index < -0.39 is 0 Å². The number of para-hydroxylation sites is 1. The molecule has 0 saturated heterocycles. The van der Waals surface area contributed by atoms with E-state index in [1.54, 1.807) is 11.3 Å². The molecule has 0 aliphatic heterocycles. The first-order valence-electron chi connectivity index (χ1n) is 20.2. The van der Waals surface area contributed by atoms with Gasteiger partial charge in [0, 0.05) is 46.2 Å². The minimum atomic E-state index is 1.02. The van der Waals surface area contributed by atoms with E-state index in [0.717, 1.165) is 19.3 Å². The number of thiophene rings is 2. The first kappa shape index (κ1) is 35.0. The van der Waals surface area contributed by atoms with Crippen molar-refractivity contribution in [1.82, 2.24) is 4.57 Å². The normalized spacial score (nSPS) is 12.6. The van der Waals surface area contributed by atoms with Crippen LogP contribution in [0, 0.1) is 0 Å². The van der Waals surface area contributed by atoms with E-state index in [0.29, 0.717) is 0 Å². The Morgan fingerprint density at radius 3 is 1.46 bits per heavy atom. The summed E-state index contributed by atoms with van der Waals surface area (Å²) in [5.74, 6) is 0. The van der Waals surface area contributed by atoms with E-state index in [1.807, 2.05) is 11.3 Å². The summed E-state index contributed by atoms with van der Waals surface area (Å²) >= 11 is 7.07. The molecule has 0 radical (unpaired) electrons. The fourth-order valence-electron chi connectivity index (χ4n) is 9.71. The summed E-state index contributed by atoms with van der Waals surface area (Å²) in [4.78, 5) is 0. The SMILES string of the molecule is Brc1csc2ccccc12.c1ccc2c(c1)Cc1cc3c(cc1-2)-c1ccccc1C3.c1ccc2c(c1)Cc1cc3c(cc1-2)c1ccccc1n3-c1csc2ccccc12. The van der Waals surface area contributed by atoms with Gasteiger partial charge in [0.05, 0.1) is 16.7 Å². The van der Waals surface area contributed by atoms with E-state index in [1.165, 1.54) is 119 Å². The molecule has 0 unspecified atom stereocenters. The zero-order valence-corrected chi connectivity index (χ0v) is 35.3. The van der Waals surface area contributed by atoms with Gasteiger partial charge in [-0.3, -0.25) is 0 Å². The molecule has 0 amide bonds. The minimum absolute atomic E-state index is 1.02. The van der Waals surface area contributed by atoms with Crippen LogP contribution in [-0.4, -0.2) is 4.57 Å². The third-order valence-electron chi connectivity index (χ3n) is 12.4. The maximum absolute atomic E-state index is 3.48. The van der Waals surface area contributed by atoms with E-state index >= 15 is 0 Å². The molecule has 11 aromatic rings. The van der Waals surface area contributed by atoms with Gasteiger partial charge in [0.2, 0.25) is 0 Å². The quantitative estimate of drug-likeness (QED) is 0.155. The Labute approximate surface area is 359 Å². The highest BCUT2D eigenvalue weighted by Crippen LogP contribution is 2.46. The minimum Gasteiger partial charge on any atom is -0.308 e. The molecule has 0 fully saturated rings. The second-order valence-corrected chi connectivity index (χ2v) is 18.4. The lowest BCUT2D eigenvalue weighted by atomic mass is 9.98. The van der Waals surface area contributed by atoms with Crippen LogP contribution in [0.5, 0.6) is 0 Å². The van der Waals surface area contributed by atoms with Gasteiger partial charge < -0.3 is 4.57 Å². The van der Waals surface area contributed by atoms with Gasteiger partial charge in [-0.05, 0) is 138 Å². The van der Waals surface area contributed by atoms with Crippen LogP contribution >= 0.6 is 38.6 Å². The second-order valence-electron chi connectivity index (χ2n) is 15.7. The predicted octanol–water partition coefficient (Wildman–Crippen LogP) is 16.1. The molecule has 0 bridgehead atoms. The van der Waals surface area contributed by atoms with Crippen LogP contribution < -0.4 is 0 Å². The van der Waals surface area contributed by atoms with Crippen LogP contribution in [0.1, 0.15) is 33.4 Å². The predicted molar refractivity (Wildman–Crippen MR) is 257 cm³/mol. The number of hydrogen-bond donors (Lipinski definition) is 0. The van der Waals surface area contributed by atoms with Crippen molar-refractivity contribution >= 4 is 80.6 Å². The molecule has 59 heavy (non-hydrogen) atoms. The monoisotopic (exact) mass is 853 g/mol. The number of halogens is 1. The number of nitrogens with zero attached hydrogens (tertiary/aromatic N) is 1. The van der Waals surface area contributed by atoms with Crippen LogP contribution in [0.2, 0.25) is 0 Å². The van der Waals surface area contributed by atoms with Crippen LogP contribution in [0.15, 0.2) is 185 Å². The lowest BCUT2D eigenvalue weighted by molar-refractivity contribution is 1.20. The molecule has 3 aliphatic rings. The topological polar surface area (TPSA) is 4.93 Å². The molecular weight excluding hydrogens is 819 g/mol. The maximum atomic E-state index is 3.48. The van der Waals surface area contributed by atoms with Crippen LogP contribution in [0.25, 0.3) is 81.0 Å². The molecule has 14 rings (SSSR count). The second kappa shape index (κ2) is 14.1. The van der Waals surface area contributed by atoms with Gasteiger partial charge in [-0.25, -0.2) is 0 Å². The van der Waals surface area contributed by atoms with Crippen LogP contribution in [0.3, 0.4) is 0 Å². The summed E-state index contributed by atoms with van der Waals surface area (Å²) in [5, 5.41) is 9.72. The third kappa shape index (κ3) is 5.77. The summed E-state index contributed by atoms with van der Waals surface area (Å²) in [7, 11) is 0. The number of hydrogen-bond acceptors (Lipinski definition) is 2. The summed E-state index contributed by atoms with van der Waals surface area (Å²) in [5.41, 5.74) is 21.2. The smallest absolute Gasteiger partial charge is 0.0647 e. The molecule has 0 spiro atoms. The highest BCUT2D eigenvalue weighted by molar-refractivity contribution is 9.10. The Morgan fingerprint density at radius 2 is 0.831 bits per heavy atom. The van der Waals surface area contributed by atoms with Crippen molar-refractivity contribution in [1.29, 1.82) is 0 Å². The Bertz CT molecular complexity index is 3380. The van der Waals surface area contributed by atoms with Gasteiger partial charge in [0.25, 0.3) is 0 Å². The Kier molecular flexibility index (Phi) is 8.33. The van der Waals surface area contributed by atoms with Gasteiger partial charge in [0.1, 0.15) is 0 Å². The van der Waals surface area contributed by atoms with Crippen molar-refractivity contribution in [3.63, 3.8) is 0 Å². The fourth-order valence-corrected chi connectivity index (χ4v) is 12.2. The van der Waals surface area contributed by atoms with Crippen molar-refractivity contribution in [3.8, 4) is 39.1 Å². The van der Waals surface area contributed by atoms with Crippen molar-refractivity contribution < 1.29 is 0 Å². The molecule has 0 atom stereocenters. The van der Waals surface area contributed by atoms with E-state index in [9.17, 15) is 0 Å². The lowest BCUT2D eigenvalue weighted by Gasteiger charge is -2.08. The number of fused-ring (bicyclic) bond motifs is 14. The molecule has 4 heteroatoms.